The van der Waals surface area contributed by atoms with Crippen LogP contribution in [0.3, 0.4) is 0 Å². The van der Waals surface area contributed by atoms with Gasteiger partial charge >= 0.3 is 0 Å². The first kappa shape index (κ1) is 17.0. The lowest BCUT2D eigenvalue weighted by Gasteiger charge is -2.12. The van der Waals surface area contributed by atoms with E-state index in [0.29, 0.717) is 0 Å². The molecule has 6 heteroatoms. The Balaban J connectivity index is 0.00000182. The first-order valence-electron chi connectivity index (χ1n) is 8.09. The summed E-state index contributed by atoms with van der Waals surface area (Å²) in [5.41, 5.74) is 4.23. The zero-order valence-electron chi connectivity index (χ0n) is 13.9. The number of aromatic nitrogens is 2. The Morgan fingerprint density at radius 1 is 1.00 bits per heavy atom. The van der Waals surface area contributed by atoms with Crippen LogP contribution in [0.5, 0.6) is 0 Å². The van der Waals surface area contributed by atoms with E-state index in [2.05, 4.69) is 39.9 Å². The number of nitrogens with one attached hydrogen (secondary N) is 2. The second-order valence-corrected chi connectivity index (χ2v) is 5.70. The van der Waals surface area contributed by atoms with Crippen LogP contribution in [-0.4, -0.2) is 28.8 Å². The van der Waals surface area contributed by atoms with Crippen molar-refractivity contribution in [1.82, 2.24) is 15.1 Å². The second kappa shape index (κ2) is 7.40. The molecule has 4 rings (SSSR count). The molecule has 0 unspecified atom stereocenters. The van der Waals surface area contributed by atoms with Crippen LogP contribution in [0.1, 0.15) is 5.69 Å². The summed E-state index contributed by atoms with van der Waals surface area (Å²) in [6.07, 6.45) is 0. The maximum atomic E-state index is 4.77. The van der Waals surface area contributed by atoms with Crippen molar-refractivity contribution >= 4 is 24.2 Å². The van der Waals surface area contributed by atoms with Crippen LogP contribution < -0.4 is 10.6 Å². The molecule has 0 bridgehead atoms. The molecule has 0 fully saturated rings. The molecule has 1 aliphatic rings. The highest BCUT2D eigenvalue weighted by molar-refractivity contribution is 5.98. The molecule has 0 amide bonds. The highest BCUT2D eigenvalue weighted by atomic mass is 35.5. The van der Waals surface area contributed by atoms with Crippen LogP contribution in [0.4, 0.5) is 5.82 Å². The van der Waals surface area contributed by atoms with E-state index in [1.165, 1.54) is 0 Å². The molecule has 2 aromatic carbocycles. The molecule has 0 saturated heterocycles. The number of aliphatic imine (C=N–C) groups is 1. The van der Waals surface area contributed by atoms with Crippen LogP contribution in [0.25, 0.3) is 16.8 Å². The Hall–Kier alpha value is -2.79. The van der Waals surface area contributed by atoms with E-state index in [9.17, 15) is 0 Å². The average Bonchev–Trinajstić information content (AvgIpc) is 3.25. The summed E-state index contributed by atoms with van der Waals surface area (Å²) in [5, 5.41) is 11.5. The number of hydrogen-bond donors (Lipinski definition) is 2. The van der Waals surface area contributed by atoms with Crippen LogP contribution in [0, 0.1) is 6.92 Å². The van der Waals surface area contributed by atoms with Crippen molar-refractivity contribution in [2.75, 3.05) is 18.4 Å². The molecule has 0 atom stereocenters. The topological polar surface area (TPSA) is 54.2 Å². The van der Waals surface area contributed by atoms with E-state index in [0.717, 1.165) is 47.4 Å². The van der Waals surface area contributed by atoms with Gasteiger partial charge in [0, 0.05) is 12.1 Å². The standard InChI is InChI=1S/C19H19N5.ClH/c1-14-17(15-8-4-2-5-9-15)18(22-19-20-12-13-21-19)24(23-14)16-10-6-3-7-11-16;/h2-11H,12-13H2,1H3,(H2,20,21,22);1H. The Labute approximate surface area is 153 Å². The van der Waals surface area contributed by atoms with Gasteiger partial charge in [0.15, 0.2) is 5.96 Å². The number of hydrogen-bond acceptors (Lipinski definition) is 4. The summed E-state index contributed by atoms with van der Waals surface area (Å²) in [4.78, 5) is 4.46. The molecule has 25 heavy (non-hydrogen) atoms. The van der Waals surface area contributed by atoms with Gasteiger partial charge in [-0.3, -0.25) is 4.99 Å². The lowest BCUT2D eigenvalue weighted by atomic mass is 10.1. The van der Waals surface area contributed by atoms with Crippen molar-refractivity contribution in [3.8, 4) is 16.8 Å². The van der Waals surface area contributed by atoms with Crippen molar-refractivity contribution in [3.05, 3.63) is 66.4 Å². The van der Waals surface area contributed by atoms with Crippen LogP contribution in [0.15, 0.2) is 65.7 Å². The van der Waals surface area contributed by atoms with Crippen LogP contribution in [-0.2, 0) is 0 Å². The van der Waals surface area contributed by atoms with Gasteiger partial charge in [-0.25, -0.2) is 4.68 Å². The van der Waals surface area contributed by atoms with Crippen molar-refractivity contribution in [2.45, 2.75) is 6.92 Å². The van der Waals surface area contributed by atoms with E-state index in [1.807, 2.05) is 48.0 Å². The maximum absolute atomic E-state index is 4.77. The fraction of sp³-hybridized carbons (Fsp3) is 0.158. The summed E-state index contributed by atoms with van der Waals surface area (Å²) in [5.74, 6) is 1.72. The minimum atomic E-state index is 0. The molecule has 1 aliphatic heterocycles. The Kier molecular flexibility index (Phi) is 5.05. The molecule has 2 heterocycles. The largest absolute Gasteiger partial charge is 0.354 e. The van der Waals surface area contributed by atoms with Gasteiger partial charge in [-0.2, -0.15) is 5.10 Å². The van der Waals surface area contributed by atoms with Gasteiger partial charge in [0.05, 0.1) is 17.9 Å². The predicted octanol–water partition coefficient (Wildman–Crippen LogP) is 3.64. The molecule has 5 nitrogen and oxygen atoms in total. The second-order valence-electron chi connectivity index (χ2n) is 5.70. The first-order chi connectivity index (χ1) is 11.8. The fourth-order valence-electron chi connectivity index (χ4n) is 2.94. The predicted molar refractivity (Wildman–Crippen MR) is 105 cm³/mol. The van der Waals surface area contributed by atoms with Gasteiger partial charge in [-0.05, 0) is 24.6 Å². The molecule has 2 N–H and O–H groups in total. The number of halogens is 1. The van der Waals surface area contributed by atoms with E-state index in [-0.39, 0.29) is 12.4 Å². The molecular formula is C19H20ClN5. The minimum absolute atomic E-state index is 0. The Morgan fingerprint density at radius 2 is 1.68 bits per heavy atom. The third-order valence-corrected chi connectivity index (χ3v) is 4.03. The molecule has 0 aliphatic carbocycles. The van der Waals surface area contributed by atoms with Crippen LogP contribution in [0.2, 0.25) is 0 Å². The number of para-hydroxylation sites is 1. The smallest absolute Gasteiger partial charge is 0.197 e. The summed E-state index contributed by atoms with van der Waals surface area (Å²) in [6.45, 7) is 3.69. The normalized spacial score (nSPS) is 12.9. The molecule has 0 radical (unpaired) electrons. The van der Waals surface area contributed by atoms with Crippen LogP contribution >= 0.6 is 12.4 Å². The van der Waals surface area contributed by atoms with Crippen molar-refractivity contribution in [1.29, 1.82) is 0 Å². The third kappa shape index (κ3) is 3.37. The quantitative estimate of drug-likeness (QED) is 0.755. The van der Waals surface area contributed by atoms with Gasteiger partial charge in [-0.1, -0.05) is 48.5 Å². The van der Waals surface area contributed by atoms with E-state index >= 15 is 0 Å². The number of nitrogens with zero attached hydrogens (tertiary/aromatic N) is 3. The van der Waals surface area contributed by atoms with E-state index in [1.54, 1.807) is 0 Å². The molecular weight excluding hydrogens is 334 g/mol. The number of anilines is 1. The SMILES string of the molecule is Cc1nn(-c2ccccc2)c(NC2=NCCN2)c1-c1ccccc1.Cl. The molecule has 3 aromatic rings. The van der Waals surface area contributed by atoms with E-state index < -0.39 is 0 Å². The lowest BCUT2D eigenvalue weighted by Crippen LogP contribution is -2.27. The summed E-state index contributed by atoms with van der Waals surface area (Å²) < 4.78 is 1.94. The zero-order valence-corrected chi connectivity index (χ0v) is 14.8. The highest BCUT2D eigenvalue weighted by Gasteiger charge is 2.20. The fourth-order valence-corrected chi connectivity index (χ4v) is 2.94. The van der Waals surface area contributed by atoms with Gasteiger partial charge in [0.2, 0.25) is 0 Å². The van der Waals surface area contributed by atoms with E-state index in [4.69, 9.17) is 5.10 Å². The minimum Gasteiger partial charge on any atom is -0.354 e. The highest BCUT2D eigenvalue weighted by Crippen LogP contribution is 2.33. The monoisotopic (exact) mass is 353 g/mol. The van der Waals surface area contributed by atoms with Gasteiger partial charge in [0.25, 0.3) is 0 Å². The van der Waals surface area contributed by atoms with Gasteiger partial charge in [0.1, 0.15) is 5.82 Å². The Bertz CT molecular complexity index is 872. The summed E-state index contributed by atoms with van der Waals surface area (Å²) in [7, 11) is 0. The van der Waals surface area contributed by atoms with Crippen molar-refractivity contribution in [2.24, 2.45) is 4.99 Å². The molecule has 1 aromatic heterocycles. The summed E-state index contributed by atoms with van der Waals surface area (Å²) >= 11 is 0. The number of benzene rings is 2. The van der Waals surface area contributed by atoms with Gasteiger partial charge in [-0.15, -0.1) is 12.4 Å². The first-order valence-corrected chi connectivity index (χ1v) is 8.09. The summed E-state index contributed by atoms with van der Waals surface area (Å²) in [6, 6.07) is 20.5. The third-order valence-electron chi connectivity index (χ3n) is 4.03. The number of aryl methyl sites for hydroxylation is 1. The number of rotatable bonds is 3. The number of guanidine groups is 1. The lowest BCUT2D eigenvalue weighted by molar-refractivity contribution is 0.869. The maximum Gasteiger partial charge on any atom is 0.197 e. The average molecular weight is 354 g/mol. The molecule has 0 spiro atoms. The Morgan fingerprint density at radius 3 is 2.32 bits per heavy atom. The van der Waals surface area contributed by atoms with Crippen molar-refractivity contribution in [3.63, 3.8) is 0 Å². The van der Waals surface area contributed by atoms with Crippen molar-refractivity contribution < 1.29 is 0 Å². The molecule has 128 valence electrons. The molecule has 0 saturated carbocycles. The van der Waals surface area contributed by atoms with Gasteiger partial charge < -0.3 is 10.6 Å². The zero-order chi connectivity index (χ0) is 16.4.